The monoisotopic (exact) mass is 504 g/mol. The Kier molecular flexibility index (Phi) is 8.00. The lowest BCUT2D eigenvalue weighted by molar-refractivity contribution is 0.0509. The molecule has 0 bridgehead atoms. The van der Waals surface area contributed by atoms with Crippen LogP contribution >= 0.6 is 0 Å². The Balaban J connectivity index is 1.73. The fourth-order valence-electron chi connectivity index (χ4n) is 4.76. The van der Waals surface area contributed by atoms with Crippen molar-refractivity contribution in [2.75, 3.05) is 41.4 Å². The molecule has 0 amide bonds. The number of H-pyrrole nitrogens is 2. The summed E-state index contributed by atoms with van der Waals surface area (Å²) >= 11 is 0. The smallest absolute Gasteiger partial charge is 0.355 e. The van der Waals surface area contributed by atoms with Gasteiger partial charge in [-0.1, -0.05) is 12.1 Å². The van der Waals surface area contributed by atoms with Crippen LogP contribution in [-0.2, 0) is 29.0 Å². The minimum Gasteiger partial charge on any atom is -0.461 e. The molecule has 0 fully saturated rings. The number of carbonyl (C=O) groups is 2. The molecule has 8 heteroatoms. The molecule has 37 heavy (non-hydrogen) atoms. The number of aromatic nitrogens is 2. The number of nitrogens with one attached hydrogen (secondary N) is 2. The van der Waals surface area contributed by atoms with Gasteiger partial charge in [-0.25, -0.2) is 9.59 Å². The number of aromatic amines is 2. The molecule has 0 radical (unpaired) electrons. The standard InChI is InChI=1S/C29H36N4O4/c1-7-36-28(34)26-22(16-32(3)4)20-14-18(9-11-24(20)30-26)13-19-10-12-25-21(15-19)23(17-33(5)6)27(31-25)29(35)37-8-2/h9-12,14-15,30-31H,7-8,13,16-17H2,1-6H3. The van der Waals surface area contributed by atoms with E-state index in [9.17, 15) is 9.59 Å². The van der Waals surface area contributed by atoms with Gasteiger partial charge in [0.05, 0.1) is 13.2 Å². The summed E-state index contributed by atoms with van der Waals surface area (Å²) in [6, 6.07) is 12.5. The van der Waals surface area contributed by atoms with Crippen molar-refractivity contribution in [2.45, 2.75) is 33.4 Å². The fourth-order valence-corrected chi connectivity index (χ4v) is 4.76. The zero-order valence-corrected chi connectivity index (χ0v) is 22.5. The lowest BCUT2D eigenvalue weighted by Crippen LogP contribution is -2.15. The molecule has 0 spiro atoms. The van der Waals surface area contributed by atoms with Gasteiger partial charge in [-0.15, -0.1) is 0 Å². The van der Waals surface area contributed by atoms with Crippen LogP contribution < -0.4 is 0 Å². The van der Waals surface area contributed by atoms with Crippen LogP contribution in [0.2, 0.25) is 0 Å². The summed E-state index contributed by atoms with van der Waals surface area (Å²) in [4.78, 5) is 35.8. The highest BCUT2D eigenvalue weighted by Crippen LogP contribution is 2.29. The van der Waals surface area contributed by atoms with Gasteiger partial charge in [-0.2, -0.15) is 0 Å². The number of fused-ring (bicyclic) bond motifs is 2. The number of benzene rings is 2. The second-order valence-corrected chi connectivity index (χ2v) is 9.81. The molecule has 4 rings (SSSR count). The van der Waals surface area contributed by atoms with Crippen LogP contribution in [0.4, 0.5) is 0 Å². The quantitative estimate of drug-likeness (QED) is 0.304. The van der Waals surface area contributed by atoms with E-state index in [4.69, 9.17) is 9.47 Å². The van der Waals surface area contributed by atoms with Crippen LogP contribution in [0.5, 0.6) is 0 Å². The topological polar surface area (TPSA) is 90.7 Å². The molecule has 0 unspecified atom stereocenters. The highest BCUT2D eigenvalue weighted by Gasteiger charge is 2.21. The van der Waals surface area contributed by atoms with E-state index < -0.39 is 0 Å². The first kappa shape index (κ1) is 26.4. The van der Waals surface area contributed by atoms with Crippen LogP contribution in [-0.4, -0.2) is 73.1 Å². The molecule has 0 aliphatic heterocycles. The molecule has 2 heterocycles. The Morgan fingerprint density at radius 1 is 0.703 bits per heavy atom. The van der Waals surface area contributed by atoms with Crippen LogP contribution in [0.1, 0.15) is 57.1 Å². The molecular weight excluding hydrogens is 468 g/mol. The summed E-state index contributed by atoms with van der Waals surface area (Å²) in [6.07, 6.45) is 0.717. The minimum atomic E-state index is -0.333. The van der Waals surface area contributed by atoms with E-state index in [1.807, 2.05) is 64.0 Å². The Bertz CT molecular complexity index is 1320. The maximum absolute atomic E-state index is 12.6. The summed E-state index contributed by atoms with van der Waals surface area (Å²) in [6.45, 7) is 5.53. The van der Waals surface area contributed by atoms with Crippen LogP contribution in [0.3, 0.4) is 0 Å². The summed E-state index contributed by atoms with van der Waals surface area (Å²) < 4.78 is 10.6. The molecule has 196 valence electrons. The predicted octanol–water partition coefficient (Wildman–Crippen LogP) is 4.72. The maximum atomic E-state index is 12.6. The van der Waals surface area contributed by atoms with Crippen molar-refractivity contribution in [3.8, 4) is 0 Å². The lowest BCUT2D eigenvalue weighted by Gasteiger charge is -2.12. The summed E-state index contributed by atoms with van der Waals surface area (Å²) in [7, 11) is 7.94. The molecule has 0 saturated carbocycles. The fraction of sp³-hybridized carbons (Fsp3) is 0.379. The van der Waals surface area contributed by atoms with Crippen molar-refractivity contribution in [3.05, 3.63) is 70.0 Å². The van der Waals surface area contributed by atoms with Crippen molar-refractivity contribution < 1.29 is 19.1 Å². The molecule has 0 saturated heterocycles. The highest BCUT2D eigenvalue weighted by atomic mass is 16.5. The molecule has 8 nitrogen and oxygen atoms in total. The average Bonchev–Trinajstić information content (AvgIpc) is 3.37. The van der Waals surface area contributed by atoms with Crippen LogP contribution in [0, 0.1) is 0 Å². The number of ether oxygens (including phenoxy) is 2. The Morgan fingerprint density at radius 2 is 1.11 bits per heavy atom. The van der Waals surface area contributed by atoms with Gasteiger partial charge in [-0.05, 0) is 83.9 Å². The SMILES string of the molecule is CCOC(=O)c1[nH]c2ccc(Cc3ccc4[nH]c(C(=O)OCC)c(CN(C)C)c4c3)cc2c1CN(C)C. The molecule has 2 aromatic carbocycles. The third-order valence-electron chi connectivity index (χ3n) is 6.26. The zero-order chi connectivity index (χ0) is 26.7. The summed E-state index contributed by atoms with van der Waals surface area (Å²) in [5, 5.41) is 2.05. The van der Waals surface area contributed by atoms with E-state index in [0.29, 0.717) is 44.1 Å². The first-order valence-electron chi connectivity index (χ1n) is 12.6. The van der Waals surface area contributed by atoms with E-state index >= 15 is 0 Å². The first-order valence-corrected chi connectivity index (χ1v) is 12.6. The first-order chi connectivity index (χ1) is 17.7. The van der Waals surface area contributed by atoms with Crippen molar-refractivity contribution >= 4 is 33.7 Å². The van der Waals surface area contributed by atoms with E-state index in [-0.39, 0.29) is 11.9 Å². The average molecular weight is 505 g/mol. The van der Waals surface area contributed by atoms with Gasteiger partial charge < -0.3 is 29.2 Å². The molecule has 0 atom stereocenters. The zero-order valence-electron chi connectivity index (χ0n) is 22.5. The van der Waals surface area contributed by atoms with Crippen molar-refractivity contribution in [1.82, 2.24) is 19.8 Å². The van der Waals surface area contributed by atoms with Gasteiger partial charge >= 0.3 is 11.9 Å². The van der Waals surface area contributed by atoms with Gasteiger partial charge in [0, 0.05) is 46.0 Å². The number of esters is 2. The maximum Gasteiger partial charge on any atom is 0.355 e. The van der Waals surface area contributed by atoms with Gasteiger partial charge in [0.1, 0.15) is 11.4 Å². The Morgan fingerprint density at radius 3 is 1.46 bits per heavy atom. The number of nitrogens with zero attached hydrogens (tertiary/aromatic N) is 2. The van der Waals surface area contributed by atoms with Crippen molar-refractivity contribution in [3.63, 3.8) is 0 Å². The summed E-state index contributed by atoms with van der Waals surface area (Å²) in [5.41, 5.74) is 7.00. The van der Waals surface area contributed by atoms with Crippen molar-refractivity contribution in [2.24, 2.45) is 0 Å². The van der Waals surface area contributed by atoms with Gasteiger partial charge in [-0.3, -0.25) is 0 Å². The van der Waals surface area contributed by atoms with Crippen LogP contribution in [0.25, 0.3) is 21.8 Å². The third-order valence-corrected chi connectivity index (χ3v) is 6.26. The Labute approximate surface area is 217 Å². The normalized spacial score (nSPS) is 11.7. The second kappa shape index (κ2) is 11.2. The Hall–Kier alpha value is -3.62. The second-order valence-electron chi connectivity index (χ2n) is 9.81. The number of carbonyl (C=O) groups excluding carboxylic acids is 2. The van der Waals surface area contributed by atoms with E-state index in [1.54, 1.807) is 0 Å². The largest absolute Gasteiger partial charge is 0.461 e. The van der Waals surface area contributed by atoms with Crippen molar-refractivity contribution in [1.29, 1.82) is 0 Å². The highest BCUT2D eigenvalue weighted by molar-refractivity contribution is 5.99. The van der Waals surface area contributed by atoms with Gasteiger partial charge in [0.2, 0.25) is 0 Å². The molecule has 4 aromatic rings. The van der Waals surface area contributed by atoms with Gasteiger partial charge in [0.15, 0.2) is 0 Å². The lowest BCUT2D eigenvalue weighted by atomic mass is 9.99. The minimum absolute atomic E-state index is 0.330. The predicted molar refractivity (Wildman–Crippen MR) is 146 cm³/mol. The number of hydrogen-bond acceptors (Lipinski definition) is 6. The van der Waals surface area contributed by atoms with Gasteiger partial charge in [0.25, 0.3) is 0 Å². The van der Waals surface area contributed by atoms with E-state index in [2.05, 4.69) is 34.2 Å². The molecular formula is C29H36N4O4. The molecule has 2 N–H and O–H groups in total. The third kappa shape index (κ3) is 5.70. The summed E-state index contributed by atoms with van der Waals surface area (Å²) in [5.74, 6) is -0.665. The molecule has 2 aromatic heterocycles. The van der Waals surface area contributed by atoms with Crippen LogP contribution in [0.15, 0.2) is 36.4 Å². The molecule has 0 aliphatic rings. The van der Waals surface area contributed by atoms with E-state index in [0.717, 1.165) is 44.1 Å². The number of rotatable bonds is 10. The number of hydrogen-bond donors (Lipinski definition) is 2. The molecule has 0 aliphatic carbocycles. The van der Waals surface area contributed by atoms with E-state index in [1.165, 1.54) is 0 Å².